The number of aromatic nitrogens is 2. The molecule has 0 spiro atoms. The van der Waals surface area contributed by atoms with Crippen LogP contribution in [0.4, 0.5) is 4.79 Å². The van der Waals surface area contributed by atoms with E-state index >= 15 is 0 Å². The second-order valence-electron chi connectivity index (χ2n) is 5.42. The molecule has 1 heterocycles. The lowest BCUT2D eigenvalue weighted by Gasteiger charge is -2.19. The molecule has 1 aromatic heterocycles. The highest BCUT2D eigenvalue weighted by molar-refractivity contribution is 5.67. The van der Waals surface area contributed by atoms with Gasteiger partial charge in [-0.25, -0.2) is 10.2 Å². The van der Waals surface area contributed by atoms with Crippen molar-refractivity contribution in [3.8, 4) is 11.5 Å². The van der Waals surface area contributed by atoms with Crippen LogP contribution in [0.15, 0.2) is 35.1 Å². The first-order valence-corrected chi connectivity index (χ1v) is 6.51. The number of ether oxygens (including phenoxy) is 1. The molecule has 21 heavy (non-hydrogen) atoms. The maximum absolute atomic E-state index is 11.4. The predicted octanol–water partition coefficient (Wildman–Crippen LogP) is 2.27. The zero-order valence-corrected chi connectivity index (χ0v) is 12.2. The number of hydrazine groups is 1. The number of carbonyl (C=O) groups is 1. The molecule has 0 aliphatic carbocycles. The standard InChI is InChI=1S/C14H18N4O3/c1-14(2,3)21-13(19)18-15-8-10-4-6-11(7-5-10)12-17-16-9-20-12/h4-7,9,15H,8H2,1-3H3,(H,18,19). The highest BCUT2D eigenvalue weighted by Gasteiger charge is 2.15. The van der Waals surface area contributed by atoms with E-state index in [1.165, 1.54) is 6.39 Å². The van der Waals surface area contributed by atoms with Gasteiger partial charge >= 0.3 is 6.09 Å². The third-order valence-electron chi connectivity index (χ3n) is 2.44. The molecule has 1 amide bonds. The largest absolute Gasteiger partial charge is 0.443 e. The van der Waals surface area contributed by atoms with Gasteiger partial charge in [-0.15, -0.1) is 10.2 Å². The van der Waals surface area contributed by atoms with Gasteiger partial charge in [0.1, 0.15) is 5.60 Å². The van der Waals surface area contributed by atoms with E-state index in [0.717, 1.165) is 11.1 Å². The molecular formula is C14H18N4O3. The average Bonchev–Trinajstić information content (AvgIpc) is 2.91. The second-order valence-corrected chi connectivity index (χ2v) is 5.42. The van der Waals surface area contributed by atoms with E-state index < -0.39 is 11.7 Å². The van der Waals surface area contributed by atoms with Gasteiger partial charge in [-0.05, 0) is 38.5 Å². The molecule has 2 N–H and O–H groups in total. The van der Waals surface area contributed by atoms with E-state index in [2.05, 4.69) is 21.0 Å². The summed E-state index contributed by atoms with van der Waals surface area (Å²) in [5.41, 5.74) is 6.60. The molecule has 2 rings (SSSR count). The maximum Gasteiger partial charge on any atom is 0.422 e. The van der Waals surface area contributed by atoms with Gasteiger partial charge in [-0.2, -0.15) is 0 Å². The molecule has 7 heteroatoms. The van der Waals surface area contributed by atoms with E-state index in [1.807, 2.05) is 45.0 Å². The van der Waals surface area contributed by atoms with Gasteiger partial charge < -0.3 is 9.15 Å². The molecule has 0 saturated carbocycles. The average molecular weight is 290 g/mol. The zero-order valence-electron chi connectivity index (χ0n) is 12.2. The van der Waals surface area contributed by atoms with Crippen LogP contribution in [0, 0.1) is 0 Å². The lowest BCUT2D eigenvalue weighted by atomic mass is 10.1. The van der Waals surface area contributed by atoms with Crippen LogP contribution in [-0.4, -0.2) is 21.9 Å². The van der Waals surface area contributed by atoms with E-state index in [1.54, 1.807) is 0 Å². The SMILES string of the molecule is CC(C)(C)OC(=O)NNCc1ccc(-c2nnco2)cc1. The van der Waals surface area contributed by atoms with Gasteiger partial charge in [-0.3, -0.25) is 5.43 Å². The Hall–Kier alpha value is -2.41. The number of hydrogen-bond donors (Lipinski definition) is 2. The highest BCUT2D eigenvalue weighted by Crippen LogP contribution is 2.16. The number of hydrogen-bond acceptors (Lipinski definition) is 6. The van der Waals surface area contributed by atoms with E-state index in [4.69, 9.17) is 9.15 Å². The van der Waals surface area contributed by atoms with Crippen molar-refractivity contribution in [2.24, 2.45) is 0 Å². The van der Waals surface area contributed by atoms with Crippen LogP contribution in [-0.2, 0) is 11.3 Å². The summed E-state index contributed by atoms with van der Waals surface area (Å²) in [7, 11) is 0. The molecule has 112 valence electrons. The van der Waals surface area contributed by atoms with Crippen molar-refractivity contribution >= 4 is 6.09 Å². The molecule has 0 fully saturated rings. The quantitative estimate of drug-likeness (QED) is 0.840. The van der Waals surface area contributed by atoms with Crippen molar-refractivity contribution in [3.05, 3.63) is 36.2 Å². The Morgan fingerprint density at radius 1 is 1.29 bits per heavy atom. The van der Waals surface area contributed by atoms with Gasteiger partial charge in [0.2, 0.25) is 12.3 Å². The number of nitrogens with zero attached hydrogens (tertiary/aromatic N) is 2. The lowest BCUT2D eigenvalue weighted by Crippen LogP contribution is -2.40. The Bertz CT molecular complexity index is 573. The molecule has 0 saturated heterocycles. The van der Waals surface area contributed by atoms with Crippen LogP contribution in [0.3, 0.4) is 0 Å². The molecule has 0 aliphatic heterocycles. The fourth-order valence-corrected chi connectivity index (χ4v) is 1.59. The lowest BCUT2D eigenvalue weighted by molar-refractivity contribution is 0.0497. The number of amides is 1. The van der Waals surface area contributed by atoms with Crippen LogP contribution in [0.2, 0.25) is 0 Å². The summed E-state index contributed by atoms with van der Waals surface area (Å²) < 4.78 is 10.2. The third-order valence-corrected chi connectivity index (χ3v) is 2.44. The van der Waals surface area contributed by atoms with Crippen molar-refractivity contribution < 1.29 is 13.9 Å². The Morgan fingerprint density at radius 2 is 2.00 bits per heavy atom. The van der Waals surface area contributed by atoms with Crippen LogP contribution >= 0.6 is 0 Å². The molecule has 7 nitrogen and oxygen atoms in total. The Kier molecular flexibility index (Phi) is 4.54. The fourth-order valence-electron chi connectivity index (χ4n) is 1.59. The van der Waals surface area contributed by atoms with Gasteiger partial charge in [-0.1, -0.05) is 12.1 Å². The predicted molar refractivity (Wildman–Crippen MR) is 75.9 cm³/mol. The van der Waals surface area contributed by atoms with Crippen molar-refractivity contribution in [1.82, 2.24) is 21.0 Å². The Balaban J connectivity index is 1.80. The smallest absolute Gasteiger partial charge is 0.422 e. The molecule has 0 aliphatic rings. The van der Waals surface area contributed by atoms with E-state index in [-0.39, 0.29) is 0 Å². The first kappa shape index (κ1) is 15.0. The monoisotopic (exact) mass is 290 g/mol. The van der Waals surface area contributed by atoms with Gasteiger partial charge in [0.05, 0.1) is 0 Å². The molecule has 0 atom stereocenters. The van der Waals surface area contributed by atoms with E-state index in [0.29, 0.717) is 12.4 Å². The fraction of sp³-hybridized carbons (Fsp3) is 0.357. The summed E-state index contributed by atoms with van der Waals surface area (Å²) in [5, 5.41) is 7.46. The maximum atomic E-state index is 11.4. The summed E-state index contributed by atoms with van der Waals surface area (Å²) in [4.78, 5) is 11.4. The van der Waals surface area contributed by atoms with Crippen molar-refractivity contribution in [2.45, 2.75) is 32.9 Å². The topological polar surface area (TPSA) is 89.3 Å². The van der Waals surface area contributed by atoms with Crippen molar-refractivity contribution in [1.29, 1.82) is 0 Å². The Morgan fingerprint density at radius 3 is 2.57 bits per heavy atom. The van der Waals surface area contributed by atoms with E-state index in [9.17, 15) is 4.79 Å². The first-order valence-electron chi connectivity index (χ1n) is 6.51. The summed E-state index contributed by atoms with van der Waals surface area (Å²) >= 11 is 0. The number of carbonyl (C=O) groups excluding carboxylic acids is 1. The van der Waals surface area contributed by atoms with Crippen LogP contribution < -0.4 is 10.9 Å². The minimum atomic E-state index is -0.516. The third kappa shape index (κ3) is 4.88. The summed E-state index contributed by atoms with van der Waals surface area (Å²) in [5.74, 6) is 0.474. The molecule has 0 bridgehead atoms. The highest BCUT2D eigenvalue weighted by atomic mass is 16.6. The molecule has 2 aromatic rings. The second kappa shape index (κ2) is 6.36. The minimum absolute atomic E-state index is 0.474. The number of rotatable bonds is 4. The summed E-state index contributed by atoms with van der Waals surface area (Å²) in [6.07, 6.45) is 0.778. The van der Waals surface area contributed by atoms with Gasteiger partial charge in [0.15, 0.2) is 0 Å². The molecule has 1 aromatic carbocycles. The van der Waals surface area contributed by atoms with Crippen LogP contribution in [0.25, 0.3) is 11.5 Å². The molecular weight excluding hydrogens is 272 g/mol. The zero-order chi connectivity index (χ0) is 15.3. The van der Waals surface area contributed by atoms with Crippen molar-refractivity contribution in [2.75, 3.05) is 0 Å². The normalized spacial score (nSPS) is 11.2. The van der Waals surface area contributed by atoms with Gasteiger partial charge in [0, 0.05) is 12.1 Å². The van der Waals surface area contributed by atoms with Crippen molar-refractivity contribution in [3.63, 3.8) is 0 Å². The Labute approximate surface area is 122 Å². The summed E-state index contributed by atoms with van der Waals surface area (Å²) in [6.45, 7) is 5.90. The van der Waals surface area contributed by atoms with Crippen LogP contribution in [0.5, 0.6) is 0 Å². The van der Waals surface area contributed by atoms with Gasteiger partial charge in [0.25, 0.3) is 0 Å². The molecule has 0 unspecified atom stereocenters. The van der Waals surface area contributed by atoms with Crippen LogP contribution in [0.1, 0.15) is 26.3 Å². The minimum Gasteiger partial charge on any atom is -0.443 e. The summed E-state index contributed by atoms with van der Waals surface area (Å²) in [6, 6.07) is 7.56. The molecule has 0 radical (unpaired) electrons. The number of benzene rings is 1. The number of nitrogens with one attached hydrogen (secondary N) is 2. The first-order chi connectivity index (χ1) is 9.94.